The molecule has 0 aliphatic rings. The van der Waals surface area contributed by atoms with Crippen LogP contribution in [0.1, 0.15) is 32.3 Å². The minimum atomic E-state index is -4.41. The first-order valence-corrected chi connectivity index (χ1v) is 5.85. The van der Waals surface area contributed by atoms with Crippen molar-refractivity contribution in [1.29, 1.82) is 0 Å². The van der Waals surface area contributed by atoms with Gasteiger partial charge in [0.2, 0.25) is 0 Å². The van der Waals surface area contributed by atoms with Gasteiger partial charge in [0.25, 0.3) is 0 Å². The molecule has 0 fully saturated rings. The van der Waals surface area contributed by atoms with Gasteiger partial charge in [-0.1, -0.05) is 24.9 Å². The number of anilines is 1. The molecular formula is C12H15ClF3N. The highest BCUT2D eigenvalue weighted by Crippen LogP contribution is 2.36. The molecule has 1 unspecified atom stereocenters. The summed E-state index contributed by atoms with van der Waals surface area (Å²) in [6.07, 6.45) is -2.53. The zero-order valence-electron chi connectivity index (χ0n) is 9.74. The van der Waals surface area contributed by atoms with Gasteiger partial charge in [0.1, 0.15) is 0 Å². The number of hydrogen-bond acceptors (Lipinski definition) is 1. The molecule has 0 aliphatic carbocycles. The summed E-state index contributed by atoms with van der Waals surface area (Å²) >= 11 is 5.53. The lowest BCUT2D eigenvalue weighted by Crippen LogP contribution is -2.15. The number of rotatable bonds is 4. The van der Waals surface area contributed by atoms with E-state index in [4.69, 9.17) is 11.6 Å². The van der Waals surface area contributed by atoms with Gasteiger partial charge in [-0.2, -0.15) is 13.2 Å². The maximum Gasteiger partial charge on any atom is 0.417 e. The van der Waals surface area contributed by atoms with Gasteiger partial charge >= 0.3 is 6.18 Å². The van der Waals surface area contributed by atoms with E-state index in [0.29, 0.717) is 5.69 Å². The molecule has 0 saturated heterocycles. The zero-order chi connectivity index (χ0) is 13.1. The molecule has 0 saturated carbocycles. The molecule has 1 aromatic carbocycles. The maximum absolute atomic E-state index is 12.6. The number of hydrogen-bond donors (Lipinski definition) is 1. The Balaban J connectivity index is 2.89. The van der Waals surface area contributed by atoms with E-state index in [9.17, 15) is 13.2 Å². The first-order valence-electron chi connectivity index (χ1n) is 5.48. The molecule has 0 spiro atoms. The fraction of sp³-hybridized carbons (Fsp3) is 0.500. The van der Waals surface area contributed by atoms with E-state index in [2.05, 4.69) is 5.32 Å². The predicted octanol–water partition coefficient (Wildman–Crippen LogP) is 4.96. The van der Waals surface area contributed by atoms with E-state index in [1.54, 1.807) is 6.07 Å². The van der Waals surface area contributed by atoms with Crippen LogP contribution >= 0.6 is 11.6 Å². The highest BCUT2D eigenvalue weighted by Gasteiger charge is 2.33. The van der Waals surface area contributed by atoms with Crippen molar-refractivity contribution in [3.63, 3.8) is 0 Å². The highest BCUT2D eigenvalue weighted by molar-refractivity contribution is 6.31. The van der Waals surface area contributed by atoms with Gasteiger partial charge in [-0.3, -0.25) is 0 Å². The summed E-state index contributed by atoms with van der Waals surface area (Å²) in [5, 5.41) is 2.75. The van der Waals surface area contributed by atoms with Crippen LogP contribution in [0.3, 0.4) is 0 Å². The Labute approximate surface area is 104 Å². The van der Waals surface area contributed by atoms with Crippen LogP contribution in [0.15, 0.2) is 18.2 Å². The third-order valence-corrected chi connectivity index (χ3v) is 2.74. The van der Waals surface area contributed by atoms with Gasteiger partial charge in [-0.05, 0) is 31.5 Å². The molecule has 0 amide bonds. The average molecular weight is 266 g/mol. The molecule has 1 nitrogen and oxygen atoms in total. The molecule has 1 aromatic rings. The third-order valence-electron chi connectivity index (χ3n) is 2.41. The van der Waals surface area contributed by atoms with E-state index < -0.39 is 11.7 Å². The Morgan fingerprint density at radius 3 is 2.53 bits per heavy atom. The fourth-order valence-electron chi connectivity index (χ4n) is 1.62. The van der Waals surface area contributed by atoms with Crippen LogP contribution < -0.4 is 5.32 Å². The van der Waals surface area contributed by atoms with Gasteiger partial charge in [-0.25, -0.2) is 0 Å². The van der Waals surface area contributed by atoms with Gasteiger partial charge in [0.15, 0.2) is 0 Å². The average Bonchev–Trinajstić information content (AvgIpc) is 2.19. The Kier molecular flexibility index (Phi) is 4.69. The summed E-state index contributed by atoms with van der Waals surface area (Å²) in [6, 6.07) is 4.02. The summed E-state index contributed by atoms with van der Waals surface area (Å²) < 4.78 is 37.8. The van der Waals surface area contributed by atoms with Gasteiger partial charge < -0.3 is 5.32 Å². The van der Waals surface area contributed by atoms with Crippen LogP contribution in [-0.2, 0) is 6.18 Å². The quantitative estimate of drug-likeness (QED) is 0.811. The summed E-state index contributed by atoms with van der Waals surface area (Å²) in [5.41, 5.74) is -0.351. The normalized spacial score (nSPS) is 13.5. The summed E-state index contributed by atoms with van der Waals surface area (Å²) in [7, 11) is 0. The molecule has 5 heteroatoms. The van der Waals surface area contributed by atoms with E-state index in [1.165, 1.54) is 6.07 Å². The van der Waals surface area contributed by atoms with Crippen molar-refractivity contribution in [1.82, 2.24) is 0 Å². The molecule has 0 aliphatic heterocycles. The van der Waals surface area contributed by atoms with Crippen LogP contribution in [-0.4, -0.2) is 6.04 Å². The minimum Gasteiger partial charge on any atom is -0.383 e. The largest absolute Gasteiger partial charge is 0.417 e. The van der Waals surface area contributed by atoms with Crippen LogP contribution in [0.4, 0.5) is 18.9 Å². The van der Waals surface area contributed by atoms with E-state index in [-0.39, 0.29) is 11.1 Å². The summed E-state index contributed by atoms with van der Waals surface area (Å²) in [5.74, 6) is 0. The standard InChI is InChI=1S/C12H15ClF3N/c1-3-4-8(2)17-9-5-6-11(13)10(7-9)12(14,15)16/h5-8,17H,3-4H2,1-2H3. The van der Waals surface area contributed by atoms with Crippen molar-refractivity contribution in [2.75, 3.05) is 5.32 Å². The maximum atomic E-state index is 12.6. The van der Waals surface area contributed by atoms with Gasteiger partial charge in [0, 0.05) is 11.7 Å². The molecule has 96 valence electrons. The topological polar surface area (TPSA) is 12.0 Å². The number of benzene rings is 1. The van der Waals surface area contributed by atoms with E-state index >= 15 is 0 Å². The molecule has 1 atom stereocenters. The van der Waals surface area contributed by atoms with Crippen LogP contribution in [0.25, 0.3) is 0 Å². The van der Waals surface area contributed by atoms with Crippen molar-refractivity contribution in [2.45, 2.75) is 38.9 Å². The predicted molar refractivity (Wildman–Crippen MR) is 64.4 cm³/mol. The van der Waals surface area contributed by atoms with E-state index in [1.807, 2.05) is 13.8 Å². The Morgan fingerprint density at radius 2 is 2.00 bits per heavy atom. The molecule has 0 aromatic heterocycles. The lowest BCUT2D eigenvalue weighted by molar-refractivity contribution is -0.137. The SMILES string of the molecule is CCCC(C)Nc1ccc(Cl)c(C(F)(F)F)c1. The smallest absolute Gasteiger partial charge is 0.383 e. The van der Waals surface area contributed by atoms with Crippen LogP contribution in [0, 0.1) is 0 Å². The Bertz CT molecular complexity index is 377. The molecule has 0 radical (unpaired) electrons. The lowest BCUT2D eigenvalue weighted by atomic mass is 10.1. The Hall–Kier alpha value is -0.900. The monoisotopic (exact) mass is 265 g/mol. The first-order chi connectivity index (χ1) is 7.84. The van der Waals surface area contributed by atoms with Crippen molar-refractivity contribution in [3.05, 3.63) is 28.8 Å². The molecule has 1 rings (SSSR count). The number of alkyl halides is 3. The van der Waals surface area contributed by atoms with E-state index in [0.717, 1.165) is 18.9 Å². The van der Waals surface area contributed by atoms with Crippen LogP contribution in [0.2, 0.25) is 5.02 Å². The minimum absolute atomic E-state index is 0.141. The highest BCUT2D eigenvalue weighted by atomic mass is 35.5. The van der Waals surface area contributed by atoms with Crippen LogP contribution in [0.5, 0.6) is 0 Å². The molecular weight excluding hydrogens is 251 g/mol. The number of nitrogens with one attached hydrogen (secondary N) is 1. The zero-order valence-corrected chi connectivity index (χ0v) is 10.5. The van der Waals surface area contributed by atoms with Gasteiger partial charge in [0.05, 0.1) is 10.6 Å². The Morgan fingerprint density at radius 1 is 1.35 bits per heavy atom. The fourth-order valence-corrected chi connectivity index (χ4v) is 1.85. The van der Waals surface area contributed by atoms with Crippen molar-refractivity contribution >= 4 is 17.3 Å². The second-order valence-electron chi connectivity index (χ2n) is 4.03. The second kappa shape index (κ2) is 5.63. The third kappa shape index (κ3) is 4.11. The molecule has 0 bridgehead atoms. The summed E-state index contributed by atoms with van der Waals surface area (Å²) in [4.78, 5) is 0. The molecule has 1 N–H and O–H groups in total. The molecule has 17 heavy (non-hydrogen) atoms. The van der Waals surface area contributed by atoms with Gasteiger partial charge in [-0.15, -0.1) is 0 Å². The molecule has 0 heterocycles. The number of halogens is 4. The van der Waals surface area contributed by atoms with Crippen molar-refractivity contribution in [3.8, 4) is 0 Å². The lowest BCUT2D eigenvalue weighted by Gasteiger charge is -2.16. The second-order valence-corrected chi connectivity index (χ2v) is 4.43. The first kappa shape index (κ1) is 14.2. The van der Waals surface area contributed by atoms with Crippen molar-refractivity contribution in [2.24, 2.45) is 0 Å². The summed E-state index contributed by atoms with van der Waals surface area (Å²) in [6.45, 7) is 3.96. The van der Waals surface area contributed by atoms with Crippen molar-refractivity contribution < 1.29 is 13.2 Å².